The molecule has 1 saturated carbocycles. The molecule has 0 radical (unpaired) electrons. The van der Waals surface area contributed by atoms with E-state index in [0.717, 1.165) is 12.8 Å². The number of hydrogen-bond acceptors (Lipinski definition) is 3. The molecule has 3 nitrogen and oxygen atoms in total. The number of methoxy groups -OCH3 is 1. The molecule has 0 amide bonds. The van der Waals surface area contributed by atoms with Crippen LogP contribution in [-0.4, -0.2) is 19.1 Å². The van der Waals surface area contributed by atoms with Gasteiger partial charge in [-0.1, -0.05) is 54.6 Å². The molecule has 0 saturated heterocycles. The Kier molecular flexibility index (Phi) is 5.70. The van der Waals surface area contributed by atoms with Gasteiger partial charge in [0.15, 0.2) is 0 Å². The van der Waals surface area contributed by atoms with E-state index in [4.69, 9.17) is 27.9 Å². The minimum Gasteiger partial charge on any atom is -0.468 e. The molecule has 1 aliphatic carbocycles. The van der Waals surface area contributed by atoms with Gasteiger partial charge in [0.1, 0.15) is 6.04 Å². The first-order chi connectivity index (χ1) is 9.63. The molecule has 110 valence electrons. The molecule has 1 fully saturated rings. The summed E-state index contributed by atoms with van der Waals surface area (Å²) in [6.07, 6.45) is 5.79. The summed E-state index contributed by atoms with van der Waals surface area (Å²) in [4.78, 5) is 12.1. The average Bonchev–Trinajstić information content (AvgIpc) is 2.48. The molecule has 2 rings (SSSR count). The third-order valence-electron chi connectivity index (χ3n) is 3.74. The van der Waals surface area contributed by atoms with Gasteiger partial charge in [0.25, 0.3) is 0 Å². The fourth-order valence-electron chi connectivity index (χ4n) is 2.65. The number of hydrogen-bond donors (Lipinski definition) is 1. The quantitative estimate of drug-likeness (QED) is 0.849. The highest BCUT2D eigenvalue weighted by Gasteiger charge is 2.27. The molecular weight excluding hydrogens is 297 g/mol. The Bertz CT molecular complexity index is 473. The Balaban J connectivity index is 2.22. The van der Waals surface area contributed by atoms with Crippen molar-refractivity contribution in [2.75, 3.05) is 7.11 Å². The van der Waals surface area contributed by atoms with E-state index in [1.807, 2.05) is 6.07 Å². The van der Waals surface area contributed by atoms with Gasteiger partial charge in [-0.05, 0) is 18.9 Å². The van der Waals surface area contributed by atoms with Crippen molar-refractivity contribution in [3.63, 3.8) is 0 Å². The summed E-state index contributed by atoms with van der Waals surface area (Å²) >= 11 is 12.3. The van der Waals surface area contributed by atoms with Crippen LogP contribution in [-0.2, 0) is 9.53 Å². The van der Waals surface area contributed by atoms with E-state index < -0.39 is 6.04 Å². The molecule has 0 aliphatic heterocycles. The molecule has 1 aromatic rings. The molecule has 0 spiro atoms. The highest BCUT2D eigenvalue weighted by atomic mass is 35.5. The lowest BCUT2D eigenvalue weighted by molar-refractivity contribution is -0.143. The van der Waals surface area contributed by atoms with Crippen molar-refractivity contribution in [3.05, 3.63) is 33.8 Å². The van der Waals surface area contributed by atoms with Gasteiger partial charge >= 0.3 is 5.97 Å². The largest absolute Gasteiger partial charge is 0.468 e. The van der Waals surface area contributed by atoms with Crippen molar-refractivity contribution in [2.45, 2.75) is 44.2 Å². The Morgan fingerprint density at radius 3 is 2.65 bits per heavy atom. The molecule has 0 bridgehead atoms. The second kappa shape index (κ2) is 7.30. The first-order valence-corrected chi connectivity index (χ1v) is 7.67. The molecule has 0 aromatic heterocycles. The molecule has 1 N–H and O–H groups in total. The minimum atomic E-state index is -0.561. The number of halogens is 2. The lowest BCUT2D eigenvalue weighted by Gasteiger charge is -2.28. The fourth-order valence-corrected chi connectivity index (χ4v) is 3.07. The van der Waals surface area contributed by atoms with Gasteiger partial charge in [-0.2, -0.15) is 0 Å². The molecule has 5 heteroatoms. The number of ether oxygens (including phenoxy) is 1. The van der Waals surface area contributed by atoms with Crippen LogP contribution in [0.4, 0.5) is 0 Å². The van der Waals surface area contributed by atoms with E-state index in [-0.39, 0.29) is 5.97 Å². The highest BCUT2D eigenvalue weighted by Crippen LogP contribution is 2.31. The van der Waals surface area contributed by atoms with Crippen LogP contribution in [0.1, 0.15) is 43.7 Å². The maximum atomic E-state index is 12.1. The van der Waals surface area contributed by atoms with E-state index in [0.29, 0.717) is 21.7 Å². The SMILES string of the molecule is COC(=O)C(NC1CCCCC1)c1cccc(Cl)c1Cl. The number of carbonyl (C=O) groups excluding carboxylic acids is 1. The number of benzene rings is 1. The lowest BCUT2D eigenvalue weighted by atomic mass is 9.94. The van der Waals surface area contributed by atoms with Crippen molar-refractivity contribution < 1.29 is 9.53 Å². The Morgan fingerprint density at radius 2 is 2.00 bits per heavy atom. The van der Waals surface area contributed by atoms with E-state index in [1.54, 1.807) is 12.1 Å². The first-order valence-electron chi connectivity index (χ1n) is 6.91. The van der Waals surface area contributed by atoms with Crippen molar-refractivity contribution in [1.82, 2.24) is 5.32 Å². The zero-order chi connectivity index (χ0) is 14.5. The molecule has 20 heavy (non-hydrogen) atoms. The summed E-state index contributed by atoms with van der Waals surface area (Å²) in [5, 5.41) is 4.23. The summed E-state index contributed by atoms with van der Waals surface area (Å²) in [5.41, 5.74) is 0.677. The summed E-state index contributed by atoms with van der Waals surface area (Å²) in [5.74, 6) is -0.334. The average molecular weight is 316 g/mol. The molecule has 1 unspecified atom stereocenters. The monoisotopic (exact) mass is 315 g/mol. The zero-order valence-electron chi connectivity index (χ0n) is 11.5. The topological polar surface area (TPSA) is 38.3 Å². The fraction of sp³-hybridized carbons (Fsp3) is 0.533. The van der Waals surface area contributed by atoms with Gasteiger partial charge in [-0.15, -0.1) is 0 Å². The normalized spacial score (nSPS) is 17.8. The van der Waals surface area contributed by atoms with Crippen LogP contribution in [0.15, 0.2) is 18.2 Å². The van der Waals surface area contributed by atoms with Crippen LogP contribution in [0, 0.1) is 0 Å². The number of esters is 1. The summed E-state index contributed by atoms with van der Waals surface area (Å²) in [6, 6.07) is 5.08. The van der Waals surface area contributed by atoms with Gasteiger partial charge in [-0.3, -0.25) is 5.32 Å². The Labute approximate surface area is 129 Å². The smallest absolute Gasteiger partial charge is 0.327 e. The number of rotatable bonds is 4. The number of carbonyl (C=O) groups is 1. The van der Waals surface area contributed by atoms with Gasteiger partial charge in [0.2, 0.25) is 0 Å². The predicted octanol–water partition coefficient (Wildman–Crippen LogP) is 4.13. The summed E-state index contributed by atoms with van der Waals surface area (Å²) in [7, 11) is 1.39. The van der Waals surface area contributed by atoms with Crippen LogP contribution in [0.25, 0.3) is 0 Å². The van der Waals surface area contributed by atoms with Crippen molar-refractivity contribution >= 4 is 29.2 Å². The third kappa shape index (κ3) is 3.66. The Morgan fingerprint density at radius 1 is 1.30 bits per heavy atom. The number of nitrogens with one attached hydrogen (secondary N) is 1. The second-order valence-corrected chi connectivity index (χ2v) is 5.89. The first kappa shape index (κ1) is 15.6. The second-order valence-electron chi connectivity index (χ2n) is 5.10. The maximum absolute atomic E-state index is 12.1. The molecule has 1 aromatic carbocycles. The zero-order valence-corrected chi connectivity index (χ0v) is 13.0. The van der Waals surface area contributed by atoms with E-state index in [1.165, 1.54) is 26.4 Å². The van der Waals surface area contributed by atoms with E-state index >= 15 is 0 Å². The van der Waals surface area contributed by atoms with Crippen LogP contribution in [0.3, 0.4) is 0 Å². The summed E-state index contributed by atoms with van der Waals surface area (Å²) in [6.45, 7) is 0. The highest BCUT2D eigenvalue weighted by molar-refractivity contribution is 6.42. The van der Waals surface area contributed by atoms with E-state index in [9.17, 15) is 4.79 Å². The van der Waals surface area contributed by atoms with Gasteiger partial charge in [0.05, 0.1) is 17.2 Å². The molecular formula is C15H19Cl2NO2. The van der Waals surface area contributed by atoms with Crippen molar-refractivity contribution in [3.8, 4) is 0 Å². The van der Waals surface area contributed by atoms with E-state index in [2.05, 4.69) is 5.32 Å². The van der Waals surface area contributed by atoms with Gasteiger partial charge in [0, 0.05) is 11.6 Å². The lowest BCUT2D eigenvalue weighted by Crippen LogP contribution is -2.38. The molecule has 1 aliphatic rings. The van der Waals surface area contributed by atoms with Crippen LogP contribution in [0.2, 0.25) is 10.0 Å². The standard InChI is InChI=1S/C15H19Cl2NO2/c1-20-15(19)14(18-10-6-3-2-4-7-10)11-8-5-9-12(16)13(11)17/h5,8-10,14,18H,2-4,6-7H2,1H3. The van der Waals surface area contributed by atoms with Crippen LogP contribution < -0.4 is 5.32 Å². The van der Waals surface area contributed by atoms with Gasteiger partial charge < -0.3 is 4.74 Å². The van der Waals surface area contributed by atoms with Crippen LogP contribution >= 0.6 is 23.2 Å². The van der Waals surface area contributed by atoms with Gasteiger partial charge in [-0.25, -0.2) is 4.79 Å². The molecule has 1 atom stereocenters. The summed E-state index contributed by atoms with van der Waals surface area (Å²) < 4.78 is 4.90. The molecule has 0 heterocycles. The van der Waals surface area contributed by atoms with Crippen molar-refractivity contribution in [1.29, 1.82) is 0 Å². The van der Waals surface area contributed by atoms with Crippen molar-refractivity contribution in [2.24, 2.45) is 0 Å². The maximum Gasteiger partial charge on any atom is 0.327 e. The third-order valence-corrected chi connectivity index (χ3v) is 4.57. The predicted molar refractivity (Wildman–Crippen MR) is 81.2 cm³/mol. The van der Waals surface area contributed by atoms with Crippen LogP contribution in [0.5, 0.6) is 0 Å². The minimum absolute atomic E-state index is 0.322. The Hall–Kier alpha value is -0.770.